The van der Waals surface area contributed by atoms with Crippen molar-refractivity contribution in [3.8, 4) is 0 Å². The Morgan fingerprint density at radius 3 is 2.57 bits per heavy atom. The van der Waals surface area contributed by atoms with Crippen LogP contribution in [-0.2, 0) is 6.42 Å². The van der Waals surface area contributed by atoms with Crippen LogP contribution in [0.4, 0.5) is 10.2 Å². The highest BCUT2D eigenvalue weighted by molar-refractivity contribution is 5.74. The summed E-state index contributed by atoms with van der Waals surface area (Å²) >= 11 is 0. The first kappa shape index (κ1) is 15.0. The van der Waals surface area contributed by atoms with E-state index in [0.717, 1.165) is 16.7 Å². The molecule has 2 rings (SSSR count). The van der Waals surface area contributed by atoms with Gasteiger partial charge in [-0.3, -0.25) is 0 Å². The molecular weight excluding hydrogens is 263 g/mol. The van der Waals surface area contributed by atoms with Gasteiger partial charge in [-0.15, -0.1) is 5.23 Å². The normalized spacial score (nSPS) is 10.8. The van der Waals surface area contributed by atoms with E-state index in [1.54, 1.807) is 12.1 Å². The lowest BCUT2D eigenvalue weighted by Gasteiger charge is -2.11. The third kappa shape index (κ3) is 3.80. The van der Waals surface area contributed by atoms with Crippen LogP contribution in [0.15, 0.2) is 67.3 Å². The molecule has 0 aromatic heterocycles. The van der Waals surface area contributed by atoms with Gasteiger partial charge in [-0.25, -0.2) is 5.84 Å². The first-order valence-electron chi connectivity index (χ1n) is 6.79. The quantitative estimate of drug-likeness (QED) is 0.382. The van der Waals surface area contributed by atoms with E-state index < -0.39 is 0 Å². The summed E-state index contributed by atoms with van der Waals surface area (Å²) in [6, 6.07) is 15.2. The Kier molecular flexibility index (Phi) is 4.90. The molecule has 0 aliphatic heterocycles. The molecule has 2 aromatic rings. The van der Waals surface area contributed by atoms with Crippen molar-refractivity contribution < 1.29 is 4.48 Å². The molecule has 2 aromatic carbocycles. The molecule has 0 heterocycles. The van der Waals surface area contributed by atoms with E-state index in [1.165, 1.54) is 5.56 Å². The number of benzene rings is 2. The van der Waals surface area contributed by atoms with Crippen LogP contribution < -0.4 is 11.1 Å². The zero-order chi connectivity index (χ0) is 15.2. The predicted molar refractivity (Wildman–Crippen MR) is 87.3 cm³/mol. The molecule has 0 fully saturated rings. The molecule has 0 atom stereocenters. The molecule has 2 N–H and O–H groups in total. The SMILES string of the molecule is C=C(/C=C\Cc1ccccc1N(N)F)c1ccccc1C. The van der Waals surface area contributed by atoms with Gasteiger partial charge in [0.15, 0.2) is 0 Å². The molecule has 0 aliphatic rings. The first-order valence-corrected chi connectivity index (χ1v) is 6.79. The molecule has 0 bridgehead atoms. The van der Waals surface area contributed by atoms with Crippen LogP contribution >= 0.6 is 0 Å². The van der Waals surface area contributed by atoms with Gasteiger partial charge >= 0.3 is 0 Å². The first-order chi connectivity index (χ1) is 10.1. The summed E-state index contributed by atoms with van der Waals surface area (Å²) in [5.74, 6) is 5.18. The Hall–Kier alpha value is -2.39. The van der Waals surface area contributed by atoms with Crippen molar-refractivity contribution in [2.45, 2.75) is 13.3 Å². The minimum Gasteiger partial charge on any atom is -0.218 e. The fraction of sp³-hybridized carbons (Fsp3) is 0.111. The van der Waals surface area contributed by atoms with Gasteiger partial charge < -0.3 is 0 Å². The van der Waals surface area contributed by atoms with E-state index in [2.05, 4.69) is 19.6 Å². The predicted octanol–water partition coefficient (Wildman–Crippen LogP) is 4.37. The fourth-order valence-corrected chi connectivity index (χ4v) is 2.24. The lowest BCUT2D eigenvalue weighted by atomic mass is 10.0. The number of rotatable bonds is 5. The summed E-state index contributed by atoms with van der Waals surface area (Å²) in [4.78, 5) is 0. The number of nitrogens with two attached hydrogens (primary N) is 1. The monoisotopic (exact) mass is 282 g/mol. The van der Waals surface area contributed by atoms with E-state index in [1.807, 2.05) is 42.5 Å². The zero-order valence-electron chi connectivity index (χ0n) is 12.1. The summed E-state index contributed by atoms with van der Waals surface area (Å²) < 4.78 is 13.2. The van der Waals surface area contributed by atoms with Gasteiger partial charge in [-0.05, 0) is 41.7 Å². The Bertz CT molecular complexity index is 660. The number of hydrogen-bond donors (Lipinski definition) is 1. The van der Waals surface area contributed by atoms with E-state index in [4.69, 9.17) is 5.84 Å². The van der Waals surface area contributed by atoms with Gasteiger partial charge in [0.1, 0.15) is 0 Å². The van der Waals surface area contributed by atoms with Gasteiger partial charge in [0, 0.05) is 0 Å². The molecule has 0 radical (unpaired) electrons. The lowest BCUT2D eigenvalue weighted by Crippen LogP contribution is -2.21. The number of hydrogen-bond acceptors (Lipinski definition) is 2. The zero-order valence-corrected chi connectivity index (χ0v) is 12.1. The maximum absolute atomic E-state index is 13.2. The van der Waals surface area contributed by atoms with Crippen LogP contribution in [-0.4, -0.2) is 0 Å². The molecule has 0 aliphatic carbocycles. The van der Waals surface area contributed by atoms with Crippen molar-refractivity contribution in [1.29, 1.82) is 0 Å². The van der Waals surface area contributed by atoms with Crippen molar-refractivity contribution in [3.05, 3.63) is 84.0 Å². The van der Waals surface area contributed by atoms with Crippen molar-refractivity contribution in [3.63, 3.8) is 0 Å². The highest BCUT2D eigenvalue weighted by Crippen LogP contribution is 2.21. The maximum atomic E-state index is 13.2. The number of para-hydroxylation sites is 1. The smallest absolute Gasteiger partial charge is 0.0907 e. The van der Waals surface area contributed by atoms with Crippen LogP contribution in [0.3, 0.4) is 0 Å². The molecule has 2 nitrogen and oxygen atoms in total. The number of anilines is 1. The lowest BCUT2D eigenvalue weighted by molar-refractivity contribution is 0.443. The van der Waals surface area contributed by atoms with Crippen LogP contribution in [0, 0.1) is 6.92 Å². The molecule has 108 valence electrons. The molecule has 21 heavy (non-hydrogen) atoms. The van der Waals surface area contributed by atoms with Gasteiger partial charge in [-0.1, -0.05) is 65.7 Å². The van der Waals surface area contributed by atoms with Crippen molar-refractivity contribution in [2.75, 3.05) is 5.23 Å². The van der Waals surface area contributed by atoms with Crippen molar-refractivity contribution in [2.24, 2.45) is 5.84 Å². The van der Waals surface area contributed by atoms with Crippen LogP contribution in [0.25, 0.3) is 5.57 Å². The molecule has 0 unspecified atom stereocenters. The van der Waals surface area contributed by atoms with Gasteiger partial charge in [0.25, 0.3) is 0 Å². The third-order valence-electron chi connectivity index (χ3n) is 3.37. The van der Waals surface area contributed by atoms with Gasteiger partial charge in [-0.2, -0.15) is 0 Å². The summed E-state index contributed by atoms with van der Waals surface area (Å²) in [6.07, 6.45) is 4.52. The second kappa shape index (κ2) is 6.86. The summed E-state index contributed by atoms with van der Waals surface area (Å²) in [5.41, 5.74) is 4.45. The van der Waals surface area contributed by atoms with E-state index in [-0.39, 0.29) is 5.23 Å². The third-order valence-corrected chi connectivity index (χ3v) is 3.37. The largest absolute Gasteiger partial charge is 0.218 e. The number of aryl methyl sites for hydroxylation is 1. The van der Waals surface area contributed by atoms with Crippen LogP contribution in [0.1, 0.15) is 16.7 Å². The minimum atomic E-state index is 0.152. The van der Waals surface area contributed by atoms with E-state index in [0.29, 0.717) is 12.1 Å². The average Bonchev–Trinajstić information content (AvgIpc) is 2.48. The number of nitrogens with zero attached hydrogens (tertiary/aromatic N) is 1. The van der Waals surface area contributed by atoms with Crippen LogP contribution in [0.5, 0.6) is 0 Å². The Morgan fingerprint density at radius 1 is 1.19 bits per heavy atom. The maximum Gasteiger partial charge on any atom is 0.0907 e. The summed E-state index contributed by atoms with van der Waals surface area (Å²) in [7, 11) is 0. The van der Waals surface area contributed by atoms with Crippen molar-refractivity contribution in [1.82, 2.24) is 0 Å². The van der Waals surface area contributed by atoms with Gasteiger partial charge in [0.05, 0.1) is 5.69 Å². The molecule has 0 saturated heterocycles. The second-order valence-electron chi connectivity index (χ2n) is 4.89. The molecule has 0 amide bonds. The Morgan fingerprint density at radius 2 is 1.86 bits per heavy atom. The molecule has 0 saturated carbocycles. The van der Waals surface area contributed by atoms with Crippen LogP contribution in [0.2, 0.25) is 0 Å². The second-order valence-corrected chi connectivity index (χ2v) is 4.89. The molecule has 3 heteroatoms. The molecule has 0 spiro atoms. The number of halogens is 1. The fourth-order valence-electron chi connectivity index (χ4n) is 2.24. The van der Waals surface area contributed by atoms with Crippen molar-refractivity contribution >= 4 is 11.3 Å². The summed E-state index contributed by atoms with van der Waals surface area (Å²) in [5, 5.41) is 0.152. The molecular formula is C18H19FN2. The van der Waals surface area contributed by atoms with E-state index in [9.17, 15) is 4.48 Å². The number of allylic oxidation sites excluding steroid dienone is 3. The topological polar surface area (TPSA) is 29.3 Å². The average molecular weight is 282 g/mol. The Labute approximate surface area is 124 Å². The number of hydrazine groups is 1. The standard InChI is InChI=1S/C18H19FN2/c1-14-8-3-5-12-17(14)15(2)9-7-11-16-10-4-6-13-18(16)21(19)20/h3-10,12-13H,2,11,20H2,1H3/b9-7-. The van der Waals surface area contributed by atoms with E-state index >= 15 is 0 Å². The Balaban J connectivity index is 2.10. The summed E-state index contributed by atoms with van der Waals surface area (Å²) in [6.45, 7) is 6.13. The highest BCUT2D eigenvalue weighted by Gasteiger charge is 2.05. The minimum absolute atomic E-state index is 0.152. The van der Waals surface area contributed by atoms with Gasteiger partial charge in [0.2, 0.25) is 0 Å². The highest BCUT2D eigenvalue weighted by atomic mass is 19.2.